The molecular formula is C20H27ClN4O. The number of nitrogens with one attached hydrogen (secondary N) is 1. The average molecular weight is 375 g/mol. The zero-order valence-electron chi connectivity index (χ0n) is 15.8. The molecule has 6 heteroatoms. The van der Waals surface area contributed by atoms with Crippen molar-refractivity contribution in [2.75, 3.05) is 24.5 Å². The smallest absolute Gasteiger partial charge is 0.251 e. The van der Waals surface area contributed by atoms with E-state index in [-0.39, 0.29) is 5.91 Å². The van der Waals surface area contributed by atoms with Crippen molar-refractivity contribution in [2.45, 2.75) is 39.5 Å². The number of rotatable bonds is 5. The van der Waals surface area contributed by atoms with Crippen LogP contribution in [0.2, 0.25) is 5.02 Å². The van der Waals surface area contributed by atoms with E-state index in [1.54, 1.807) is 6.07 Å². The van der Waals surface area contributed by atoms with E-state index in [4.69, 9.17) is 11.6 Å². The van der Waals surface area contributed by atoms with Gasteiger partial charge in [-0.05, 0) is 63.3 Å². The third kappa shape index (κ3) is 4.04. The Kier molecular flexibility index (Phi) is 5.87. The highest BCUT2D eigenvalue weighted by Gasteiger charge is 2.16. The molecule has 3 rings (SSSR count). The maximum absolute atomic E-state index is 12.6. The molecule has 140 valence electrons. The molecule has 1 aromatic heterocycles. The van der Waals surface area contributed by atoms with Crippen LogP contribution < -0.4 is 10.2 Å². The predicted octanol–water partition coefficient (Wildman–Crippen LogP) is 3.65. The van der Waals surface area contributed by atoms with E-state index in [0.717, 1.165) is 36.6 Å². The van der Waals surface area contributed by atoms with E-state index in [1.807, 2.05) is 30.8 Å². The van der Waals surface area contributed by atoms with Crippen molar-refractivity contribution in [2.24, 2.45) is 7.05 Å². The van der Waals surface area contributed by atoms with Gasteiger partial charge in [-0.15, -0.1) is 0 Å². The van der Waals surface area contributed by atoms with Crippen LogP contribution >= 0.6 is 11.6 Å². The van der Waals surface area contributed by atoms with Crippen molar-refractivity contribution >= 4 is 23.2 Å². The van der Waals surface area contributed by atoms with Gasteiger partial charge < -0.3 is 10.2 Å². The summed E-state index contributed by atoms with van der Waals surface area (Å²) in [5.74, 6) is -0.0564. The van der Waals surface area contributed by atoms with Crippen molar-refractivity contribution < 1.29 is 4.79 Å². The highest BCUT2D eigenvalue weighted by molar-refractivity contribution is 6.33. The lowest BCUT2D eigenvalue weighted by molar-refractivity contribution is 0.0954. The second-order valence-corrected chi connectivity index (χ2v) is 7.40. The second kappa shape index (κ2) is 8.12. The summed E-state index contributed by atoms with van der Waals surface area (Å²) in [5.41, 5.74) is 5.01. The van der Waals surface area contributed by atoms with E-state index in [9.17, 15) is 4.79 Å². The molecule has 0 unspecified atom stereocenters. The first kappa shape index (κ1) is 18.8. The van der Waals surface area contributed by atoms with Crippen LogP contribution in [-0.4, -0.2) is 35.3 Å². The van der Waals surface area contributed by atoms with Gasteiger partial charge in [0, 0.05) is 37.9 Å². The standard InChI is InChI=1S/C20H27ClN4O/c1-14-17(15(2)24(3)23-14)9-10-22-20(26)16-7-8-18(21)19(13-16)25-11-5-4-6-12-25/h7-8,13H,4-6,9-12H2,1-3H3,(H,22,26). The number of amides is 1. The fraction of sp³-hybridized carbons (Fsp3) is 0.500. The lowest BCUT2D eigenvalue weighted by Gasteiger charge is -2.29. The quantitative estimate of drug-likeness (QED) is 0.869. The number of hydrogen-bond donors (Lipinski definition) is 1. The Bertz CT molecular complexity index is 793. The van der Waals surface area contributed by atoms with E-state index < -0.39 is 0 Å². The Hall–Kier alpha value is -2.01. The van der Waals surface area contributed by atoms with Crippen LogP contribution in [0.5, 0.6) is 0 Å². The van der Waals surface area contributed by atoms with Crippen LogP contribution in [0.1, 0.15) is 46.6 Å². The summed E-state index contributed by atoms with van der Waals surface area (Å²) in [6, 6.07) is 5.55. The average Bonchev–Trinajstić information content (AvgIpc) is 2.88. The lowest BCUT2D eigenvalue weighted by Crippen LogP contribution is -2.30. The summed E-state index contributed by atoms with van der Waals surface area (Å²) < 4.78 is 1.89. The van der Waals surface area contributed by atoms with Gasteiger partial charge in [0.25, 0.3) is 5.91 Å². The van der Waals surface area contributed by atoms with Crippen molar-refractivity contribution in [1.82, 2.24) is 15.1 Å². The number of aryl methyl sites for hydroxylation is 2. The molecule has 5 nitrogen and oxygen atoms in total. The number of halogens is 1. The highest BCUT2D eigenvalue weighted by Crippen LogP contribution is 2.29. The molecule has 0 radical (unpaired) electrons. The van der Waals surface area contributed by atoms with Crippen LogP contribution in [0.4, 0.5) is 5.69 Å². The molecular weight excluding hydrogens is 348 g/mol. The first-order chi connectivity index (χ1) is 12.5. The first-order valence-corrected chi connectivity index (χ1v) is 9.67. The fourth-order valence-corrected chi connectivity index (χ4v) is 3.85. The van der Waals surface area contributed by atoms with Gasteiger partial charge in [0.15, 0.2) is 0 Å². The lowest BCUT2D eigenvalue weighted by atomic mass is 10.1. The monoisotopic (exact) mass is 374 g/mol. The predicted molar refractivity (Wildman–Crippen MR) is 106 cm³/mol. The third-order valence-corrected chi connectivity index (χ3v) is 5.54. The number of carbonyl (C=O) groups excluding carboxylic acids is 1. The van der Waals surface area contributed by atoms with E-state index in [1.165, 1.54) is 24.8 Å². The van der Waals surface area contributed by atoms with Gasteiger partial charge in [-0.2, -0.15) is 5.10 Å². The summed E-state index contributed by atoms with van der Waals surface area (Å²) in [6.07, 6.45) is 4.40. The molecule has 1 N–H and O–H groups in total. The summed E-state index contributed by atoms with van der Waals surface area (Å²) in [7, 11) is 1.94. The molecule has 1 fully saturated rings. The molecule has 26 heavy (non-hydrogen) atoms. The summed E-state index contributed by atoms with van der Waals surface area (Å²) in [5, 5.41) is 8.16. The van der Waals surface area contributed by atoms with Crippen LogP contribution in [0.15, 0.2) is 18.2 Å². The molecule has 1 saturated heterocycles. The Morgan fingerprint density at radius 2 is 1.96 bits per heavy atom. The Labute approximate surface area is 160 Å². The van der Waals surface area contributed by atoms with E-state index in [2.05, 4.69) is 22.2 Å². The minimum absolute atomic E-state index is 0.0564. The van der Waals surface area contributed by atoms with Crippen LogP contribution in [0, 0.1) is 13.8 Å². The number of aromatic nitrogens is 2. The molecule has 1 aromatic carbocycles. The SMILES string of the molecule is Cc1nn(C)c(C)c1CCNC(=O)c1ccc(Cl)c(N2CCCCC2)c1. The van der Waals surface area contributed by atoms with Gasteiger partial charge in [-0.1, -0.05) is 11.6 Å². The Morgan fingerprint density at radius 3 is 2.62 bits per heavy atom. The van der Waals surface area contributed by atoms with Crippen molar-refractivity contribution in [3.63, 3.8) is 0 Å². The zero-order chi connectivity index (χ0) is 18.7. The molecule has 1 aliphatic heterocycles. The fourth-order valence-electron chi connectivity index (χ4n) is 3.61. The summed E-state index contributed by atoms with van der Waals surface area (Å²) >= 11 is 6.37. The molecule has 0 spiro atoms. The summed E-state index contributed by atoms with van der Waals surface area (Å²) in [4.78, 5) is 14.8. The number of anilines is 1. The molecule has 2 aromatic rings. The normalized spacial score (nSPS) is 14.5. The van der Waals surface area contributed by atoms with Crippen molar-refractivity contribution in [3.8, 4) is 0 Å². The molecule has 0 atom stereocenters. The molecule has 1 amide bonds. The van der Waals surface area contributed by atoms with Gasteiger partial charge in [0.2, 0.25) is 0 Å². The Balaban J connectivity index is 1.64. The molecule has 0 aliphatic carbocycles. The summed E-state index contributed by atoms with van der Waals surface area (Å²) in [6.45, 7) is 6.66. The topological polar surface area (TPSA) is 50.2 Å². The van der Waals surface area contributed by atoms with Crippen molar-refractivity contribution in [3.05, 3.63) is 45.7 Å². The highest BCUT2D eigenvalue weighted by atomic mass is 35.5. The van der Waals surface area contributed by atoms with Crippen LogP contribution in [0.3, 0.4) is 0 Å². The molecule has 1 aliphatic rings. The van der Waals surface area contributed by atoms with Gasteiger partial charge in [0.1, 0.15) is 0 Å². The van der Waals surface area contributed by atoms with Gasteiger partial charge in [0.05, 0.1) is 16.4 Å². The first-order valence-electron chi connectivity index (χ1n) is 9.29. The number of carbonyl (C=O) groups is 1. The minimum atomic E-state index is -0.0564. The minimum Gasteiger partial charge on any atom is -0.370 e. The van der Waals surface area contributed by atoms with E-state index in [0.29, 0.717) is 17.1 Å². The number of hydrogen-bond acceptors (Lipinski definition) is 3. The third-order valence-electron chi connectivity index (χ3n) is 5.22. The molecule has 2 heterocycles. The van der Waals surface area contributed by atoms with Gasteiger partial charge in [-0.25, -0.2) is 0 Å². The zero-order valence-corrected chi connectivity index (χ0v) is 16.6. The number of piperidine rings is 1. The maximum atomic E-state index is 12.6. The van der Waals surface area contributed by atoms with E-state index >= 15 is 0 Å². The molecule has 0 bridgehead atoms. The maximum Gasteiger partial charge on any atom is 0.251 e. The largest absolute Gasteiger partial charge is 0.370 e. The van der Waals surface area contributed by atoms with Crippen LogP contribution in [0.25, 0.3) is 0 Å². The van der Waals surface area contributed by atoms with Crippen LogP contribution in [-0.2, 0) is 13.5 Å². The number of nitrogens with zero attached hydrogens (tertiary/aromatic N) is 3. The molecule has 0 saturated carbocycles. The van der Waals surface area contributed by atoms with Crippen molar-refractivity contribution in [1.29, 1.82) is 0 Å². The number of benzene rings is 1. The van der Waals surface area contributed by atoms with Gasteiger partial charge in [-0.3, -0.25) is 9.48 Å². The Morgan fingerprint density at radius 1 is 1.23 bits per heavy atom. The van der Waals surface area contributed by atoms with Gasteiger partial charge >= 0.3 is 0 Å². The second-order valence-electron chi connectivity index (χ2n) is 6.99.